The molecule has 1 N–H and O–H groups in total. The molecule has 0 aliphatic heterocycles. The minimum Gasteiger partial charge on any atom is -0.490 e. The zero-order valence-electron chi connectivity index (χ0n) is 11.8. The molecule has 3 heteroatoms. The van der Waals surface area contributed by atoms with Gasteiger partial charge in [0.2, 0.25) is 0 Å². The van der Waals surface area contributed by atoms with Gasteiger partial charge >= 0.3 is 0 Å². The van der Waals surface area contributed by atoms with Crippen molar-refractivity contribution in [3.8, 4) is 5.75 Å². The Bertz CT molecular complexity index is 683. The Balaban J connectivity index is 1.96. The molecule has 0 heterocycles. The monoisotopic (exact) mass is 282 g/mol. The van der Waals surface area contributed by atoms with Crippen LogP contribution in [0.25, 0.3) is 21.5 Å². The molecule has 0 saturated heterocycles. The maximum atomic E-state index is 8.70. The van der Waals surface area contributed by atoms with E-state index in [1.807, 2.05) is 24.3 Å². The number of hydrogen-bond donors (Lipinski definition) is 1. The number of benzene rings is 3. The van der Waals surface area contributed by atoms with Crippen molar-refractivity contribution in [2.75, 3.05) is 26.4 Å². The van der Waals surface area contributed by atoms with Crippen LogP contribution in [0.15, 0.2) is 54.6 Å². The highest BCUT2D eigenvalue weighted by atomic mass is 16.5. The van der Waals surface area contributed by atoms with Gasteiger partial charge in [-0.2, -0.15) is 0 Å². The SMILES string of the molecule is OCCOCCOc1c2ccccc2cc2ccccc12. The van der Waals surface area contributed by atoms with E-state index in [1.165, 1.54) is 10.8 Å². The second kappa shape index (κ2) is 6.57. The van der Waals surface area contributed by atoms with Crippen LogP contribution in [-0.2, 0) is 4.74 Å². The number of aliphatic hydroxyl groups excluding tert-OH is 1. The van der Waals surface area contributed by atoms with E-state index in [0.717, 1.165) is 16.5 Å². The van der Waals surface area contributed by atoms with Crippen LogP contribution in [0, 0.1) is 0 Å². The highest BCUT2D eigenvalue weighted by Gasteiger charge is 2.08. The van der Waals surface area contributed by atoms with Crippen molar-refractivity contribution >= 4 is 21.5 Å². The van der Waals surface area contributed by atoms with E-state index in [0.29, 0.717) is 19.8 Å². The van der Waals surface area contributed by atoms with Crippen molar-refractivity contribution in [3.63, 3.8) is 0 Å². The third kappa shape index (κ3) is 2.99. The van der Waals surface area contributed by atoms with E-state index in [-0.39, 0.29) is 6.61 Å². The summed E-state index contributed by atoms with van der Waals surface area (Å²) in [7, 11) is 0. The average molecular weight is 282 g/mol. The first-order valence-electron chi connectivity index (χ1n) is 7.12. The van der Waals surface area contributed by atoms with Crippen LogP contribution in [0.2, 0.25) is 0 Å². The van der Waals surface area contributed by atoms with E-state index in [4.69, 9.17) is 14.6 Å². The van der Waals surface area contributed by atoms with E-state index in [1.54, 1.807) is 0 Å². The van der Waals surface area contributed by atoms with E-state index < -0.39 is 0 Å². The molecule has 0 radical (unpaired) electrons. The average Bonchev–Trinajstić information content (AvgIpc) is 2.53. The Morgan fingerprint density at radius 2 is 1.38 bits per heavy atom. The largest absolute Gasteiger partial charge is 0.490 e. The fraction of sp³-hybridized carbons (Fsp3) is 0.222. The topological polar surface area (TPSA) is 38.7 Å². The van der Waals surface area contributed by atoms with E-state index >= 15 is 0 Å². The summed E-state index contributed by atoms with van der Waals surface area (Å²) >= 11 is 0. The van der Waals surface area contributed by atoms with Gasteiger partial charge in [0.15, 0.2) is 0 Å². The maximum absolute atomic E-state index is 8.70. The standard InChI is InChI=1S/C18H18O3/c19-9-10-20-11-12-21-18-16-7-3-1-5-14(16)13-15-6-2-4-8-17(15)18/h1-8,13,19H,9-12H2. The van der Waals surface area contributed by atoms with Gasteiger partial charge in [-0.05, 0) is 16.8 Å². The molecule has 0 aromatic heterocycles. The van der Waals surface area contributed by atoms with Crippen molar-refractivity contribution in [1.29, 1.82) is 0 Å². The van der Waals surface area contributed by atoms with Crippen LogP contribution >= 0.6 is 0 Å². The Morgan fingerprint density at radius 1 is 0.762 bits per heavy atom. The van der Waals surface area contributed by atoms with Gasteiger partial charge in [0.1, 0.15) is 12.4 Å². The molecular weight excluding hydrogens is 264 g/mol. The van der Waals surface area contributed by atoms with Crippen LogP contribution in [0.4, 0.5) is 0 Å². The molecular formula is C18H18O3. The van der Waals surface area contributed by atoms with Gasteiger partial charge < -0.3 is 14.6 Å². The summed E-state index contributed by atoms with van der Waals surface area (Å²) in [6.45, 7) is 1.33. The summed E-state index contributed by atoms with van der Waals surface area (Å²) in [5.74, 6) is 0.899. The van der Waals surface area contributed by atoms with Crippen LogP contribution in [0.3, 0.4) is 0 Å². The number of rotatable bonds is 6. The van der Waals surface area contributed by atoms with E-state index in [2.05, 4.69) is 30.3 Å². The first-order chi connectivity index (χ1) is 10.4. The number of fused-ring (bicyclic) bond motifs is 2. The third-order valence-electron chi connectivity index (χ3n) is 3.43. The molecule has 108 valence electrons. The summed E-state index contributed by atoms with van der Waals surface area (Å²) < 4.78 is 11.2. The van der Waals surface area contributed by atoms with Crippen molar-refractivity contribution in [3.05, 3.63) is 54.6 Å². The zero-order valence-corrected chi connectivity index (χ0v) is 11.8. The van der Waals surface area contributed by atoms with Gasteiger partial charge in [-0.25, -0.2) is 0 Å². The van der Waals surface area contributed by atoms with Gasteiger partial charge in [0, 0.05) is 10.8 Å². The Morgan fingerprint density at radius 3 is 2.00 bits per heavy atom. The quantitative estimate of drug-likeness (QED) is 0.556. The highest BCUT2D eigenvalue weighted by Crippen LogP contribution is 2.34. The molecule has 0 fully saturated rings. The highest BCUT2D eigenvalue weighted by molar-refractivity contribution is 6.05. The van der Waals surface area contributed by atoms with Crippen LogP contribution in [-0.4, -0.2) is 31.5 Å². The van der Waals surface area contributed by atoms with Crippen LogP contribution in [0.1, 0.15) is 0 Å². The van der Waals surface area contributed by atoms with Crippen molar-refractivity contribution < 1.29 is 14.6 Å². The lowest BCUT2D eigenvalue weighted by Gasteiger charge is -2.13. The van der Waals surface area contributed by atoms with Crippen molar-refractivity contribution in [2.45, 2.75) is 0 Å². The molecule has 0 unspecified atom stereocenters. The molecule has 3 aromatic carbocycles. The summed E-state index contributed by atoms with van der Waals surface area (Å²) in [5, 5.41) is 13.3. The predicted octanol–water partition coefficient (Wildman–Crippen LogP) is 3.38. The van der Waals surface area contributed by atoms with Gasteiger partial charge in [0.25, 0.3) is 0 Å². The van der Waals surface area contributed by atoms with Crippen LogP contribution in [0.5, 0.6) is 5.75 Å². The minimum absolute atomic E-state index is 0.0389. The van der Waals surface area contributed by atoms with Crippen molar-refractivity contribution in [2.24, 2.45) is 0 Å². The zero-order chi connectivity index (χ0) is 14.5. The molecule has 0 atom stereocenters. The third-order valence-corrected chi connectivity index (χ3v) is 3.43. The van der Waals surface area contributed by atoms with E-state index in [9.17, 15) is 0 Å². The van der Waals surface area contributed by atoms with Gasteiger partial charge in [0.05, 0.1) is 19.8 Å². The maximum Gasteiger partial charge on any atom is 0.135 e. The predicted molar refractivity (Wildman–Crippen MR) is 84.9 cm³/mol. The van der Waals surface area contributed by atoms with Gasteiger partial charge in [-0.1, -0.05) is 48.5 Å². The molecule has 3 rings (SSSR count). The molecule has 0 bridgehead atoms. The number of aliphatic hydroxyl groups is 1. The van der Waals surface area contributed by atoms with Crippen molar-refractivity contribution in [1.82, 2.24) is 0 Å². The lowest BCUT2D eigenvalue weighted by Crippen LogP contribution is -2.09. The lowest BCUT2D eigenvalue weighted by atomic mass is 10.0. The van der Waals surface area contributed by atoms with Gasteiger partial charge in [-0.15, -0.1) is 0 Å². The Labute approximate surface area is 123 Å². The first kappa shape index (κ1) is 13.9. The molecule has 0 aliphatic rings. The van der Waals surface area contributed by atoms with Gasteiger partial charge in [-0.3, -0.25) is 0 Å². The number of hydrogen-bond acceptors (Lipinski definition) is 3. The molecule has 3 nitrogen and oxygen atoms in total. The second-order valence-corrected chi connectivity index (χ2v) is 4.83. The van der Waals surface area contributed by atoms with Crippen LogP contribution < -0.4 is 4.74 Å². The summed E-state index contributed by atoms with van der Waals surface area (Å²) in [4.78, 5) is 0. The summed E-state index contributed by atoms with van der Waals surface area (Å²) in [6, 6.07) is 18.6. The molecule has 0 aliphatic carbocycles. The normalized spacial score (nSPS) is 11.1. The lowest BCUT2D eigenvalue weighted by molar-refractivity contribution is 0.0711. The number of ether oxygens (including phenoxy) is 2. The smallest absolute Gasteiger partial charge is 0.135 e. The summed E-state index contributed by atoms with van der Waals surface area (Å²) in [5.41, 5.74) is 0. The second-order valence-electron chi connectivity index (χ2n) is 4.83. The molecule has 0 spiro atoms. The Hall–Kier alpha value is -2.10. The fourth-order valence-corrected chi connectivity index (χ4v) is 2.50. The molecule has 21 heavy (non-hydrogen) atoms. The summed E-state index contributed by atoms with van der Waals surface area (Å²) in [6.07, 6.45) is 0. The molecule has 3 aromatic rings. The molecule has 0 amide bonds. The minimum atomic E-state index is 0.0389. The molecule has 0 saturated carbocycles. The fourth-order valence-electron chi connectivity index (χ4n) is 2.50. The first-order valence-corrected chi connectivity index (χ1v) is 7.12. The Kier molecular flexibility index (Phi) is 4.34.